The minimum atomic E-state index is 0.249. The van der Waals surface area contributed by atoms with Gasteiger partial charge in [-0.3, -0.25) is 0 Å². The van der Waals surface area contributed by atoms with Crippen LogP contribution in [0.1, 0.15) is 31.6 Å². The molecule has 1 N–H and O–H groups in total. The molecule has 3 heteroatoms. The van der Waals surface area contributed by atoms with E-state index in [1.54, 1.807) is 0 Å². The van der Waals surface area contributed by atoms with E-state index in [1.165, 1.54) is 17.7 Å². The van der Waals surface area contributed by atoms with E-state index in [0.717, 1.165) is 32.2 Å². The molecule has 2 heterocycles. The first-order chi connectivity index (χ1) is 8.18. The zero-order valence-corrected chi connectivity index (χ0v) is 11.7. The molecule has 0 atom stereocenters. The number of hydrogen-bond acceptors (Lipinski definition) is 3. The van der Waals surface area contributed by atoms with E-state index in [2.05, 4.69) is 36.7 Å². The molecule has 1 aromatic rings. The van der Waals surface area contributed by atoms with Crippen molar-refractivity contribution in [2.45, 2.75) is 32.1 Å². The van der Waals surface area contributed by atoms with Gasteiger partial charge >= 0.3 is 0 Å². The largest absolute Gasteiger partial charge is 0.381 e. The molecule has 17 heavy (non-hydrogen) atoms. The van der Waals surface area contributed by atoms with Gasteiger partial charge in [0.15, 0.2) is 0 Å². The SMILES string of the molecule is CC(C)(CNCC1CCOCC1)c1cccs1. The lowest BCUT2D eigenvalue weighted by atomic mass is 9.91. The van der Waals surface area contributed by atoms with E-state index < -0.39 is 0 Å². The van der Waals surface area contributed by atoms with Crippen LogP contribution in [0.3, 0.4) is 0 Å². The highest BCUT2D eigenvalue weighted by Gasteiger charge is 2.22. The minimum absolute atomic E-state index is 0.249. The third-order valence-corrected chi connectivity index (χ3v) is 4.76. The number of thiophene rings is 1. The molecule has 0 bridgehead atoms. The molecule has 1 aliphatic heterocycles. The summed E-state index contributed by atoms with van der Waals surface area (Å²) in [6.45, 7) is 8.72. The first-order valence-corrected chi connectivity index (χ1v) is 7.39. The van der Waals surface area contributed by atoms with Crippen LogP contribution in [0.25, 0.3) is 0 Å². The molecule has 0 radical (unpaired) electrons. The molecule has 0 amide bonds. The van der Waals surface area contributed by atoms with Crippen molar-refractivity contribution in [3.63, 3.8) is 0 Å². The molecule has 1 aromatic heterocycles. The first-order valence-electron chi connectivity index (χ1n) is 6.51. The van der Waals surface area contributed by atoms with Gasteiger partial charge in [-0.1, -0.05) is 19.9 Å². The molecular formula is C14H23NOS. The van der Waals surface area contributed by atoms with E-state index in [4.69, 9.17) is 4.74 Å². The third kappa shape index (κ3) is 3.80. The maximum Gasteiger partial charge on any atom is 0.0469 e. The van der Waals surface area contributed by atoms with E-state index in [0.29, 0.717) is 0 Å². The van der Waals surface area contributed by atoms with Gasteiger partial charge in [0.25, 0.3) is 0 Å². The molecular weight excluding hydrogens is 230 g/mol. The summed E-state index contributed by atoms with van der Waals surface area (Å²) in [6.07, 6.45) is 2.43. The molecule has 1 aliphatic rings. The first kappa shape index (κ1) is 13.1. The summed E-state index contributed by atoms with van der Waals surface area (Å²) in [6, 6.07) is 4.38. The Labute approximate surface area is 108 Å². The van der Waals surface area contributed by atoms with Gasteiger partial charge in [0, 0.05) is 30.1 Å². The Morgan fingerprint density at radius 2 is 2.18 bits per heavy atom. The van der Waals surface area contributed by atoms with Gasteiger partial charge in [-0.05, 0) is 36.8 Å². The van der Waals surface area contributed by atoms with Crippen LogP contribution in [0.2, 0.25) is 0 Å². The van der Waals surface area contributed by atoms with Crippen LogP contribution in [0.5, 0.6) is 0 Å². The molecule has 0 aromatic carbocycles. The molecule has 2 nitrogen and oxygen atoms in total. The van der Waals surface area contributed by atoms with Crippen molar-refractivity contribution >= 4 is 11.3 Å². The predicted molar refractivity (Wildman–Crippen MR) is 73.8 cm³/mol. The fourth-order valence-corrected chi connectivity index (χ4v) is 3.14. The van der Waals surface area contributed by atoms with Crippen molar-refractivity contribution in [1.82, 2.24) is 5.32 Å². The van der Waals surface area contributed by atoms with Gasteiger partial charge in [0.2, 0.25) is 0 Å². The van der Waals surface area contributed by atoms with Crippen LogP contribution < -0.4 is 5.32 Å². The van der Waals surface area contributed by atoms with Crippen molar-refractivity contribution in [2.75, 3.05) is 26.3 Å². The van der Waals surface area contributed by atoms with Crippen LogP contribution in [-0.4, -0.2) is 26.3 Å². The van der Waals surface area contributed by atoms with Gasteiger partial charge in [0.1, 0.15) is 0 Å². The lowest BCUT2D eigenvalue weighted by Crippen LogP contribution is -2.36. The normalized spacial score (nSPS) is 18.5. The monoisotopic (exact) mass is 253 g/mol. The molecule has 0 saturated carbocycles. The van der Waals surface area contributed by atoms with E-state index >= 15 is 0 Å². The summed E-state index contributed by atoms with van der Waals surface area (Å²) < 4.78 is 5.38. The Bertz CT molecular complexity index is 315. The van der Waals surface area contributed by atoms with Gasteiger partial charge in [-0.2, -0.15) is 0 Å². The lowest BCUT2D eigenvalue weighted by Gasteiger charge is -2.27. The highest BCUT2D eigenvalue weighted by molar-refractivity contribution is 7.10. The highest BCUT2D eigenvalue weighted by Crippen LogP contribution is 2.26. The van der Waals surface area contributed by atoms with Crippen LogP contribution in [0.4, 0.5) is 0 Å². The molecule has 0 aliphatic carbocycles. The topological polar surface area (TPSA) is 21.3 Å². The van der Waals surface area contributed by atoms with Crippen LogP contribution in [-0.2, 0) is 10.2 Å². The van der Waals surface area contributed by atoms with Crippen molar-refractivity contribution in [2.24, 2.45) is 5.92 Å². The molecule has 96 valence electrons. The summed E-state index contributed by atoms with van der Waals surface area (Å²) in [5.41, 5.74) is 0.249. The van der Waals surface area contributed by atoms with E-state index in [9.17, 15) is 0 Å². The van der Waals surface area contributed by atoms with Crippen LogP contribution in [0, 0.1) is 5.92 Å². The second-order valence-electron chi connectivity index (χ2n) is 5.55. The number of rotatable bonds is 5. The summed E-state index contributed by atoms with van der Waals surface area (Å²) in [5, 5.41) is 5.80. The Morgan fingerprint density at radius 1 is 1.41 bits per heavy atom. The van der Waals surface area contributed by atoms with Gasteiger partial charge in [0.05, 0.1) is 0 Å². The van der Waals surface area contributed by atoms with Crippen LogP contribution in [0.15, 0.2) is 17.5 Å². The van der Waals surface area contributed by atoms with Crippen molar-refractivity contribution in [3.05, 3.63) is 22.4 Å². The molecule has 1 fully saturated rings. The molecule has 0 spiro atoms. The predicted octanol–water partition coefficient (Wildman–Crippen LogP) is 3.04. The fraction of sp³-hybridized carbons (Fsp3) is 0.714. The average molecular weight is 253 g/mol. The Balaban J connectivity index is 1.74. The van der Waals surface area contributed by atoms with Crippen LogP contribution >= 0.6 is 11.3 Å². The molecule has 1 saturated heterocycles. The summed E-state index contributed by atoms with van der Waals surface area (Å²) in [5.74, 6) is 0.808. The summed E-state index contributed by atoms with van der Waals surface area (Å²) >= 11 is 1.86. The standard InChI is InChI=1S/C14H23NOS/c1-14(2,13-4-3-9-17-13)11-15-10-12-5-7-16-8-6-12/h3-4,9,12,15H,5-8,10-11H2,1-2H3. The Hall–Kier alpha value is -0.380. The highest BCUT2D eigenvalue weighted by atomic mass is 32.1. The number of hydrogen-bond donors (Lipinski definition) is 1. The second-order valence-corrected chi connectivity index (χ2v) is 6.50. The summed E-state index contributed by atoms with van der Waals surface area (Å²) in [4.78, 5) is 1.47. The second kappa shape index (κ2) is 5.98. The zero-order chi connectivity index (χ0) is 12.1. The van der Waals surface area contributed by atoms with Gasteiger partial charge in [-0.25, -0.2) is 0 Å². The minimum Gasteiger partial charge on any atom is -0.381 e. The smallest absolute Gasteiger partial charge is 0.0469 e. The number of nitrogens with one attached hydrogen (secondary N) is 1. The van der Waals surface area contributed by atoms with Crippen molar-refractivity contribution in [3.8, 4) is 0 Å². The quantitative estimate of drug-likeness (QED) is 0.871. The van der Waals surface area contributed by atoms with E-state index in [1.807, 2.05) is 11.3 Å². The Kier molecular flexibility index (Phi) is 4.60. The maximum absolute atomic E-state index is 5.38. The average Bonchev–Trinajstić information content (AvgIpc) is 2.84. The van der Waals surface area contributed by atoms with Crippen molar-refractivity contribution in [1.29, 1.82) is 0 Å². The molecule has 2 rings (SSSR count). The van der Waals surface area contributed by atoms with E-state index in [-0.39, 0.29) is 5.41 Å². The van der Waals surface area contributed by atoms with Crippen molar-refractivity contribution < 1.29 is 4.74 Å². The number of ether oxygens (including phenoxy) is 1. The molecule has 0 unspecified atom stereocenters. The fourth-order valence-electron chi connectivity index (χ4n) is 2.29. The third-order valence-electron chi connectivity index (χ3n) is 3.53. The van der Waals surface area contributed by atoms with Gasteiger partial charge < -0.3 is 10.1 Å². The Morgan fingerprint density at radius 3 is 2.82 bits per heavy atom. The maximum atomic E-state index is 5.38. The lowest BCUT2D eigenvalue weighted by molar-refractivity contribution is 0.0660. The van der Waals surface area contributed by atoms with Gasteiger partial charge in [-0.15, -0.1) is 11.3 Å². The summed E-state index contributed by atoms with van der Waals surface area (Å²) in [7, 11) is 0. The zero-order valence-electron chi connectivity index (χ0n) is 10.9.